The van der Waals surface area contributed by atoms with Crippen molar-refractivity contribution in [3.05, 3.63) is 15.9 Å². The van der Waals surface area contributed by atoms with E-state index in [0.29, 0.717) is 0 Å². The Morgan fingerprint density at radius 3 is 2.59 bits per heavy atom. The molecule has 1 fully saturated rings. The molecule has 4 heteroatoms. The zero-order valence-electron chi connectivity index (χ0n) is 11.0. The highest BCUT2D eigenvalue weighted by atomic mass is 79.9. The van der Waals surface area contributed by atoms with Crippen molar-refractivity contribution in [2.24, 2.45) is 13.0 Å². The number of aromatic nitrogens is 2. The first kappa shape index (κ1) is 13.1. The molecule has 96 valence electrons. The summed E-state index contributed by atoms with van der Waals surface area (Å²) in [6.07, 6.45) is 3.83. The SMILES string of the molecule is CCc1nn(C)c(CN(CC)CC2CC2)c1Br. The average molecular weight is 300 g/mol. The Balaban J connectivity index is 2.07. The molecule has 1 aromatic rings. The van der Waals surface area contributed by atoms with Crippen LogP contribution in [0.2, 0.25) is 0 Å². The van der Waals surface area contributed by atoms with E-state index in [9.17, 15) is 0 Å². The van der Waals surface area contributed by atoms with Gasteiger partial charge in [-0.3, -0.25) is 9.58 Å². The molecule has 0 N–H and O–H groups in total. The second-order valence-corrected chi connectivity index (χ2v) is 5.75. The lowest BCUT2D eigenvalue weighted by Gasteiger charge is -2.20. The minimum atomic E-state index is 0.951. The Labute approximate surface area is 112 Å². The van der Waals surface area contributed by atoms with Crippen molar-refractivity contribution in [3.63, 3.8) is 0 Å². The molecule has 0 radical (unpaired) electrons. The third kappa shape index (κ3) is 3.10. The van der Waals surface area contributed by atoms with E-state index >= 15 is 0 Å². The summed E-state index contributed by atoms with van der Waals surface area (Å²) in [5.41, 5.74) is 2.48. The summed E-state index contributed by atoms with van der Waals surface area (Å²) in [4.78, 5) is 2.53. The molecule has 0 saturated heterocycles. The Kier molecular flexibility index (Phi) is 4.26. The van der Waals surface area contributed by atoms with Crippen LogP contribution in [-0.2, 0) is 20.0 Å². The average Bonchev–Trinajstić information content (AvgIpc) is 3.09. The van der Waals surface area contributed by atoms with Crippen LogP contribution >= 0.6 is 15.9 Å². The minimum absolute atomic E-state index is 0.951. The summed E-state index contributed by atoms with van der Waals surface area (Å²) in [7, 11) is 2.05. The first-order valence-corrected chi connectivity index (χ1v) is 7.37. The van der Waals surface area contributed by atoms with Crippen molar-refractivity contribution in [1.82, 2.24) is 14.7 Å². The maximum Gasteiger partial charge on any atom is 0.0767 e. The van der Waals surface area contributed by atoms with Gasteiger partial charge in [0.1, 0.15) is 0 Å². The molecule has 17 heavy (non-hydrogen) atoms. The van der Waals surface area contributed by atoms with Crippen LogP contribution in [0.25, 0.3) is 0 Å². The lowest BCUT2D eigenvalue weighted by Crippen LogP contribution is -2.26. The van der Waals surface area contributed by atoms with Crippen LogP contribution in [0.3, 0.4) is 0 Å². The summed E-state index contributed by atoms with van der Waals surface area (Å²) in [5, 5.41) is 4.55. The fourth-order valence-electron chi connectivity index (χ4n) is 2.17. The summed E-state index contributed by atoms with van der Waals surface area (Å²) in [6, 6.07) is 0. The van der Waals surface area contributed by atoms with Gasteiger partial charge >= 0.3 is 0 Å². The predicted molar refractivity (Wildman–Crippen MR) is 74.0 cm³/mol. The fraction of sp³-hybridized carbons (Fsp3) is 0.769. The Morgan fingerprint density at radius 1 is 1.41 bits per heavy atom. The maximum absolute atomic E-state index is 4.55. The van der Waals surface area contributed by atoms with Crippen molar-refractivity contribution < 1.29 is 0 Å². The van der Waals surface area contributed by atoms with Gasteiger partial charge in [0.05, 0.1) is 15.9 Å². The van der Waals surface area contributed by atoms with Crippen LogP contribution < -0.4 is 0 Å². The van der Waals surface area contributed by atoms with Crippen molar-refractivity contribution in [3.8, 4) is 0 Å². The van der Waals surface area contributed by atoms with Gasteiger partial charge in [-0.15, -0.1) is 0 Å². The van der Waals surface area contributed by atoms with E-state index in [1.165, 1.54) is 35.2 Å². The molecule has 1 saturated carbocycles. The second-order valence-electron chi connectivity index (χ2n) is 4.96. The second kappa shape index (κ2) is 5.53. The highest BCUT2D eigenvalue weighted by Gasteiger charge is 2.24. The van der Waals surface area contributed by atoms with Crippen LogP contribution in [-0.4, -0.2) is 27.8 Å². The van der Waals surface area contributed by atoms with E-state index < -0.39 is 0 Å². The van der Waals surface area contributed by atoms with Crippen LogP contribution in [0.5, 0.6) is 0 Å². The van der Waals surface area contributed by atoms with Gasteiger partial charge in [0, 0.05) is 20.1 Å². The van der Waals surface area contributed by atoms with Gasteiger partial charge in [-0.2, -0.15) is 5.10 Å². The fourth-order valence-corrected chi connectivity index (χ4v) is 2.92. The Hall–Kier alpha value is -0.350. The largest absolute Gasteiger partial charge is 0.297 e. The third-order valence-corrected chi connectivity index (χ3v) is 4.45. The van der Waals surface area contributed by atoms with Crippen molar-refractivity contribution in [1.29, 1.82) is 0 Å². The van der Waals surface area contributed by atoms with Gasteiger partial charge in [0.2, 0.25) is 0 Å². The Bertz CT molecular complexity index is 382. The van der Waals surface area contributed by atoms with E-state index in [-0.39, 0.29) is 0 Å². The van der Waals surface area contributed by atoms with Crippen LogP contribution in [0, 0.1) is 5.92 Å². The smallest absolute Gasteiger partial charge is 0.0767 e. The van der Waals surface area contributed by atoms with Crippen LogP contribution in [0.15, 0.2) is 4.47 Å². The zero-order chi connectivity index (χ0) is 12.4. The first-order valence-electron chi connectivity index (χ1n) is 6.58. The molecule has 1 heterocycles. The van der Waals surface area contributed by atoms with Gasteiger partial charge in [0.15, 0.2) is 0 Å². The summed E-state index contributed by atoms with van der Waals surface area (Å²) in [6.45, 7) is 7.77. The quantitative estimate of drug-likeness (QED) is 0.805. The number of hydrogen-bond acceptors (Lipinski definition) is 2. The van der Waals surface area contributed by atoms with Crippen molar-refractivity contribution in [2.75, 3.05) is 13.1 Å². The number of hydrogen-bond donors (Lipinski definition) is 0. The minimum Gasteiger partial charge on any atom is -0.297 e. The molecule has 3 nitrogen and oxygen atoms in total. The summed E-state index contributed by atoms with van der Waals surface area (Å²) >= 11 is 3.69. The number of rotatable bonds is 6. The van der Waals surface area contributed by atoms with Crippen LogP contribution in [0.4, 0.5) is 0 Å². The van der Waals surface area contributed by atoms with Crippen LogP contribution in [0.1, 0.15) is 38.1 Å². The molecule has 0 bridgehead atoms. The molecule has 0 aliphatic heterocycles. The summed E-state index contributed by atoms with van der Waals surface area (Å²) < 4.78 is 3.23. The van der Waals surface area contributed by atoms with E-state index in [2.05, 4.69) is 39.8 Å². The maximum atomic E-state index is 4.55. The van der Waals surface area contributed by atoms with Crippen molar-refractivity contribution in [2.45, 2.75) is 39.7 Å². The van der Waals surface area contributed by atoms with Gasteiger partial charge in [-0.1, -0.05) is 13.8 Å². The molecule has 1 aliphatic rings. The molecule has 0 unspecified atom stereocenters. The topological polar surface area (TPSA) is 21.1 Å². The van der Waals surface area contributed by atoms with E-state index in [4.69, 9.17) is 0 Å². The molecule has 2 rings (SSSR count). The van der Waals surface area contributed by atoms with Gasteiger partial charge < -0.3 is 0 Å². The highest BCUT2D eigenvalue weighted by molar-refractivity contribution is 9.10. The zero-order valence-corrected chi connectivity index (χ0v) is 12.6. The predicted octanol–water partition coefficient (Wildman–Crippen LogP) is 2.98. The van der Waals surface area contributed by atoms with Gasteiger partial charge in [-0.05, 0) is 47.7 Å². The van der Waals surface area contributed by atoms with E-state index in [1.54, 1.807) is 0 Å². The lowest BCUT2D eigenvalue weighted by molar-refractivity contribution is 0.261. The molecule has 1 aromatic heterocycles. The normalized spacial score (nSPS) is 15.8. The monoisotopic (exact) mass is 299 g/mol. The molecule has 0 amide bonds. The molecule has 0 aromatic carbocycles. The molecular formula is C13H22BrN3. The number of nitrogens with zero attached hydrogens (tertiary/aromatic N) is 3. The third-order valence-electron chi connectivity index (χ3n) is 3.54. The van der Waals surface area contributed by atoms with Crippen molar-refractivity contribution >= 4 is 15.9 Å². The highest BCUT2D eigenvalue weighted by Crippen LogP contribution is 2.31. The van der Waals surface area contributed by atoms with Gasteiger partial charge in [0.25, 0.3) is 0 Å². The van der Waals surface area contributed by atoms with Gasteiger partial charge in [-0.25, -0.2) is 0 Å². The molecule has 0 atom stereocenters. The Morgan fingerprint density at radius 2 is 2.12 bits per heavy atom. The standard InChI is InChI=1S/C13H22BrN3/c1-4-11-13(14)12(16(3)15-11)9-17(5-2)8-10-6-7-10/h10H,4-9H2,1-3H3. The van der Waals surface area contributed by atoms with E-state index in [1.807, 2.05) is 11.7 Å². The molecule has 1 aliphatic carbocycles. The number of halogens is 1. The molecule has 0 spiro atoms. The van der Waals surface area contributed by atoms with E-state index in [0.717, 1.165) is 25.4 Å². The lowest BCUT2D eigenvalue weighted by atomic mass is 10.2. The number of aryl methyl sites for hydroxylation is 2. The first-order chi connectivity index (χ1) is 8.15. The molecular weight excluding hydrogens is 278 g/mol. The summed E-state index contributed by atoms with van der Waals surface area (Å²) in [5.74, 6) is 0.951.